The van der Waals surface area contributed by atoms with E-state index in [-0.39, 0.29) is 12.5 Å². The van der Waals surface area contributed by atoms with Crippen LogP contribution in [0.15, 0.2) is 29.6 Å². The first-order chi connectivity index (χ1) is 10.5. The number of amides is 1. The zero-order valence-corrected chi connectivity index (χ0v) is 13.1. The van der Waals surface area contributed by atoms with Crippen LogP contribution in [0, 0.1) is 5.92 Å². The molecule has 0 spiro atoms. The van der Waals surface area contributed by atoms with Gasteiger partial charge in [-0.2, -0.15) is 0 Å². The molecule has 1 fully saturated rings. The van der Waals surface area contributed by atoms with Gasteiger partial charge in [0.05, 0.1) is 5.92 Å². The summed E-state index contributed by atoms with van der Waals surface area (Å²) in [5, 5.41) is 12.0. The second kappa shape index (κ2) is 6.06. The summed E-state index contributed by atoms with van der Waals surface area (Å²) in [6.45, 7) is 0.706. The minimum absolute atomic E-state index is 0.215. The van der Waals surface area contributed by atoms with Gasteiger partial charge in [0.25, 0.3) is 5.91 Å². The van der Waals surface area contributed by atoms with Gasteiger partial charge in [-0.1, -0.05) is 23.7 Å². The number of halogens is 1. The Bertz CT molecular complexity index is 731. The first-order valence-corrected chi connectivity index (χ1v) is 8.04. The van der Waals surface area contributed by atoms with Gasteiger partial charge >= 0.3 is 5.97 Å². The number of nitrogens with zero attached hydrogens (tertiary/aromatic N) is 2. The van der Waals surface area contributed by atoms with Gasteiger partial charge in [-0.15, -0.1) is 11.3 Å². The number of hydrogen-bond acceptors (Lipinski definition) is 4. The standard InChI is InChI=1S/C15H13ClN2O3S/c16-11-3-1-2-9(6-11)13-17-12(8-22-13)14(19)18-5-4-10(7-18)15(20)21/h1-3,6,8,10H,4-5,7H2,(H,20,21)/t10-/m0/s1. The molecule has 1 aliphatic rings. The molecule has 0 aliphatic carbocycles. The molecule has 0 unspecified atom stereocenters. The van der Waals surface area contributed by atoms with E-state index in [2.05, 4.69) is 4.98 Å². The SMILES string of the molecule is O=C(O)[C@H]1CCN(C(=O)c2csc(-c3cccc(Cl)c3)n2)C1. The third-order valence-corrected chi connectivity index (χ3v) is 4.75. The van der Waals surface area contributed by atoms with Gasteiger partial charge in [0.2, 0.25) is 0 Å². The van der Waals surface area contributed by atoms with Gasteiger partial charge in [-0.05, 0) is 18.6 Å². The van der Waals surface area contributed by atoms with E-state index in [4.69, 9.17) is 16.7 Å². The number of carbonyl (C=O) groups excluding carboxylic acids is 1. The van der Waals surface area contributed by atoms with Gasteiger partial charge in [0, 0.05) is 29.1 Å². The van der Waals surface area contributed by atoms with Crippen LogP contribution in [0.4, 0.5) is 0 Å². The largest absolute Gasteiger partial charge is 0.481 e. The molecule has 2 aromatic rings. The number of benzene rings is 1. The molecule has 1 aliphatic heterocycles. The number of carbonyl (C=O) groups is 2. The molecular formula is C15H13ClN2O3S. The van der Waals surface area contributed by atoms with Gasteiger partial charge in [0.1, 0.15) is 10.7 Å². The number of thiazole rings is 1. The normalized spacial score (nSPS) is 17.7. The topological polar surface area (TPSA) is 70.5 Å². The van der Waals surface area contributed by atoms with Crippen molar-refractivity contribution >= 4 is 34.8 Å². The van der Waals surface area contributed by atoms with Gasteiger partial charge in [-0.3, -0.25) is 9.59 Å². The predicted octanol–water partition coefficient (Wildman–Crippen LogP) is 3.01. The van der Waals surface area contributed by atoms with Crippen LogP contribution >= 0.6 is 22.9 Å². The lowest BCUT2D eigenvalue weighted by Crippen LogP contribution is -2.30. The first kappa shape index (κ1) is 15.0. The summed E-state index contributed by atoms with van der Waals surface area (Å²) in [5.74, 6) is -1.54. The lowest BCUT2D eigenvalue weighted by molar-refractivity contribution is -0.141. The second-order valence-corrected chi connectivity index (χ2v) is 6.42. The Morgan fingerprint density at radius 2 is 2.23 bits per heavy atom. The van der Waals surface area contributed by atoms with E-state index in [0.29, 0.717) is 23.7 Å². The molecule has 1 amide bonds. The molecule has 1 aromatic heterocycles. The zero-order chi connectivity index (χ0) is 15.7. The third-order valence-electron chi connectivity index (χ3n) is 3.62. The number of carboxylic acid groups (broad SMARTS) is 1. The Morgan fingerprint density at radius 1 is 1.41 bits per heavy atom. The highest BCUT2D eigenvalue weighted by Crippen LogP contribution is 2.27. The fraction of sp³-hybridized carbons (Fsp3) is 0.267. The summed E-state index contributed by atoms with van der Waals surface area (Å²) < 4.78 is 0. The average Bonchev–Trinajstić information content (AvgIpc) is 3.16. The van der Waals surface area contributed by atoms with Crippen molar-refractivity contribution in [1.29, 1.82) is 0 Å². The summed E-state index contributed by atoms with van der Waals surface area (Å²) in [6, 6.07) is 7.29. The summed E-state index contributed by atoms with van der Waals surface area (Å²) in [5.41, 5.74) is 1.22. The molecule has 1 N–H and O–H groups in total. The molecule has 22 heavy (non-hydrogen) atoms. The molecule has 0 bridgehead atoms. The van der Waals surface area contributed by atoms with E-state index < -0.39 is 11.9 Å². The van der Waals surface area contributed by atoms with Crippen molar-refractivity contribution in [3.05, 3.63) is 40.4 Å². The van der Waals surface area contributed by atoms with Crippen LogP contribution in [-0.4, -0.2) is 40.0 Å². The van der Waals surface area contributed by atoms with E-state index in [1.54, 1.807) is 22.4 Å². The minimum atomic E-state index is -0.854. The minimum Gasteiger partial charge on any atom is -0.481 e. The summed E-state index contributed by atoms with van der Waals surface area (Å²) >= 11 is 7.33. The zero-order valence-electron chi connectivity index (χ0n) is 11.5. The number of carboxylic acids is 1. The summed E-state index contributed by atoms with van der Waals surface area (Å²) in [4.78, 5) is 29.2. The van der Waals surface area contributed by atoms with Crippen molar-refractivity contribution < 1.29 is 14.7 Å². The van der Waals surface area contributed by atoms with Crippen LogP contribution in [0.1, 0.15) is 16.9 Å². The predicted molar refractivity (Wildman–Crippen MR) is 84.2 cm³/mol. The maximum atomic E-state index is 12.4. The molecule has 5 nitrogen and oxygen atoms in total. The van der Waals surface area contributed by atoms with E-state index in [9.17, 15) is 9.59 Å². The highest BCUT2D eigenvalue weighted by Gasteiger charge is 2.32. The second-order valence-electron chi connectivity index (χ2n) is 5.12. The van der Waals surface area contributed by atoms with E-state index in [1.165, 1.54) is 11.3 Å². The highest BCUT2D eigenvalue weighted by molar-refractivity contribution is 7.13. The lowest BCUT2D eigenvalue weighted by Gasteiger charge is -2.13. The monoisotopic (exact) mass is 336 g/mol. The van der Waals surface area contributed by atoms with Crippen LogP contribution in [-0.2, 0) is 4.79 Å². The van der Waals surface area contributed by atoms with E-state index >= 15 is 0 Å². The lowest BCUT2D eigenvalue weighted by atomic mass is 10.1. The Kier molecular flexibility index (Phi) is 4.13. The Hall–Kier alpha value is -1.92. The molecule has 0 saturated carbocycles. The van der Waals surface area contributed by atoms with Crippen LogP contribution in [0.3, 0.4) is 0 Å². The van der Waals surface area contributed by atoms with Crippen LogP contribution in [0.25, 0.3) is 10.6 Å². The number of likely N-dealkylation sites (tertiary alicyclic amines) is 1. The molecule has 7 heteroatoms. The number of hydrogen-bond donors (Lipinski definition) is 1. The molecule has 2 heterocycles. The van der Waals surface area contributed by atoms with E-state index in [1.807, 2.05) is 12.1 Å². The summed E-state index contributed by atoms with van der Waals surface area (Å²) in [7, 11) is 0. The van der Waals surface area contributed by atoms with Crippen molar-refractivity contribution in [2.24, 2.45) is 5.92 Å². The van der Waals surface area contributed by atoms with Crippen molar-refractivity contribution in [1.82, 2.24) is 9.88 Å². The summed E-state index contributed by atoms with van der Waals surface area (Å²) in [6.07, 6.45) is 0.492. The van der Waals surface area contributed by atoms with Crippen LogP contribution < -0.4 is 0 Å². The van der Waals surface area contributed by atoms with Crippen molar-refractivity contribution in [2.75, 3.05) is 13.1 Å². The van der Waals surface area contributed by atoms with Crippen LogP contribution in [0.5, 0.6) is 0 Å². The number of aliphatic carboxylic acids is 1. The maximum Gasteiger partial charge on any atom is 0.308 e. The molecule has 1 saturated heterocycles. The molecule has 0 radical (unpaired) electrons. The molecule has 1 atom stereocenters. The van der Waals surface area contributed by atoms with E-state index in [0.717, 1.165) is 10.6 Å². The molecule has 3 rings (SSSR count). The fourth-order valence-electron chi connectivity index (χ4n) is 2.43. The number of rotatable bonds is 3. The van der Waals surface area contributed by atoms with Gasteiger partial charge in [-0.25, -0.2) is 4.98 Å². The maximum absolute atomic E-state index is 12.4. The molecule has 1 aromatic carbocycles. The molecule has 114 valence electrons. The molecular weight excluding hydrogens is 324 g/mol. The van der Waals surface area contributed by atoms with Gasteiger partial charge < -0.3 is 10.0 Å². The van der Waals surface area contributed by atoms with Crippen molar-refractivity contribution in [3.63, 3.8) is 0 Å². The quantitative estimate of drug-likeness (QED) is 0.935. The van der Waals surface area contributed by atoms with Crippen molar-refractivity contribution in [2.45, 2.75) is 6.42 Å². The van der Waals surface area contributed by atoms with Crippen LogP contribution in [0.2, 0.25) is 5.02 Å². The number of aromatic nitrogens is 1. The Balaban J connectivity index is 1.77. The fourth-order valence-corrected chi connectivity index (χ4v) is 3.42. The Morgan fingerprint density at radius 3 is 2.91 bits per heavy atom. The van der Waals surface area contributed by atoms with Crippen molar-refractivity contribution in [3.8, 4) is 10.6 Å². The average molecular weight is 337 g/mol. The Labute approximate surface area is 136 Å². The smallest absolute Gasteiger partial charge is 0.308 e. The van der Waals surface area contributed by atoms with Gasteiger partial charge in [0.15, 0.2) is 0 Å². The third kappa shape index (κ3) is 2.98. The highest BCUT2D eigenvalue weighted by atomic mass is 35.5. The first-order valence-electron chi connectivity index (χ1n) is 6.78.